The zero-order valence-electron chi connectivity index (χ0n) is 19.1. The van der Waals surface area contributed by atoms with E-state index in [1.165, 1.54) is 4.90 Å². The second-order valence-electron chi connectivity index (χ2n) is 8.70. The van der Waals surface area contributed by atoms with E-state index in [1.807, 2.05) is 49.4 Å². The van der Waals surface area contributed by atoms with E-state index in [9.17, 15) is 14.0 Å². The first kappa shape index (κ1) is 22.3. The van der Waals surface area contributed by atoms with Crippen LogP contribution in [-0.2, 0) is 20.9 Å². The highest BCUT2D eigenvalue weighted by molar-refractivity contribution is 5.99. The Bertz CT molecular complexity index is 1200. The highest BCUT2D eigenvalue weighted by Gasteiger charge is 2.31. The van der Waals surface area contributed by atoms with E-state index in [0.29, 0.717) is 50.7 Å². The van der Waals surface area contributed by atoms with Gasteiger partial charge >= 0.3 is 0 Å². The summed E-state index contributed by atoms with van der Waals surface area (Å²) >= 11 is 0. The van der Waals surface area contributed by atoms with Gasteiger partial charge in [0.2, 0.25) is 11.8 Å². The van der Waals surface area contributed by atoms with Crippen LogP contribution in [0.15, 0.2) is 54.6 Å². The number of hydrogen-bond acceptors (Lipinski definition) is 4. The van der Waals surface area contributed by atoms with Crippen molar-refractivity contribution in [2.75, 3.05) is 37.7 Å². The molecule has 8 heteroatoms. The number of aromatic nitrogens is 2. The summed E-state index contributed by atoms with van der Waals surface area (Å²) < 4.78 is 22.0. The smallest absolute Gasteiger partial charge is 0.242 e. The number of nitrogens with zero attached hydrogens (tertiary/aromatic N) is 4. The molecule has 1 fully saturated rings. The average Bonchev–Trinajstić information content (AvgIpc) is 3.31. The van der Waals surface area contributed by atoms with Crippen molar-refractivity contribution in [1.29, 1.82) is 0 Å². The number of halogens is 1. The lowest BCUT2D eigenvalue weighted by Gasteiger charge is -2.31. The minimum atomic E-state index is -0.285. The molecule has 5 rings (SSSR count). The van der Waals surface area contributed by atoms with E-state index in [-0.39, 0.29) is 30.1 Å². The second kappa shape index (κ2) is 9.38. The fraction of sp³-hybridized carbons (Fsp3) is 0.346. The Hall–Kier alpha value is -3.52. The molecule has 0 radical (unpaired) electrons. The molecule has 2 amide bonds. The van der Waals surface area contributed by atoms with Crippen LogP contribution in [-0.4, -0.2) is 59.3 Å². The van der Waals surface area contributed by atoms with Crippen molar-refractivity contribution in [3.05, 3.63) is 71.7 Å². The lowest BCUT2D eigenvalue weighted by molar-refractivity contribution is -0.135. The van der Waals surface area contributed by atoms with Crippen molar-refractivity contribution in [1.82, 2.24) is 14.7 Å². The number of fused-ring (bicyclic) bond motifs is 1. The van der Waals surface area contributed by atoms with Crippen molar-refractivity contribution in [2.24, 2.45) is 0 Å². The van der Waals surface area contributed by atoms with E-state index in [4.69, 9.17) is 9.84 Å². The zero-order valence-corrected chi connectivity index (χ0v) is 19.1. The summed E-state index contributed by atoms with van der Waals surface area (Å²) in [5.41, 5.74) is 2.92. The van der Waals surface area contributed by atoms with Crippen molar-refractivity contribution >= 4 is 17.6 Å². The fourth-order valence-corrected chi connectivity index (χ4v) is 4.52. The summed E-state index contributed by atoms with van der Waals surface area (Å²) in [6.45, 7) is 4.51. The van der Waals surface area contributed by atoms with Crippen molar-refractivity contribution in [3.8, 4) is 11.1 Å². The Morgan fingerprint density at radius 3 is 2.59 bits per heavy atom. The number of anilines is 1. The standard InChI is InChI=1S/C26H27FN4O3/c1-18(20-7-8-21(22(27)15-20)19-5-3-2-4-6-19)23-16-24-30(25(32)9-10-31(24)28-23)17-26(33)29-11-13-34-14-12-29/h2-8,15-16,18H,9-14,17H2,1H3. The quantitative estimate of drug-likeness (QED) is 0.583. The largest absolute Gasteiger partial charge is 0.378 e. The summed E-state index contributed by atoms with van der Waals surface area (Å²) in [7, 11) is 0. The summed E-state index contributed by atoms with van der Waals surface area (Å²) in [6.07, 6.45) is 0.291. The first-order chi connectivity index (χ1) is 16.5. The minimum Gasteiger partial charge on any atom is -0.378 e. The molecule has 1 aromatic heterocycles. The molecule has 7 nitrogen and oxygen atoms in total. The van der Waals surface area contributed by atoms with Crippen LogP contribution in [0.1, 0.15) is 30.5 Å². The lowest BCUT2D eigenvalue weighted by Crippen LogP contribution is -2.48. The molecule has 0 spiro atoms. The van der Waals surface area contributed by atoms with Crippen LogP contribution < -0.4 is 4.90 Å². The first-order valence-corrected chi connectivity index (χ1v) is 11.6. The molecule has 2 aliphatic rings. The van der Waals surface area contributed by atoms with E-state index < -0.39 is 0 Å². The lowest BCUT2D eigenvalue weighted by atomic mass is 9.95. The van der Waals surface area contributed by atoms with Gasteiger partial charge in [-0.15, -0.1) is 0 Å². The second-order valence-corrected chi connectivity index (χ2v) is 8.70. The number of carbonyl (C=O) groups excluding carboxylic acids is 2. The molecule has 0 saturated carbocycles. The highest BCUT2D eigenvalue weighted by atomic mass is 19.1. The monoisotopic (exact) mass is 462 g/mol. The van der Waals surface area contributed by atoms with Crippen LogP contribution in [0, 0.1) is 5.82 Å². The Morgan fingerprint density at radius 1 is 1.09 bits per heavy atom. The molecule has 0 bridgehead atoms. The van der Waals surface area contributed by atoms with Gasteiger partial charge in [-0.1, -0.05) is 49.4 Å². The Morgan fingerprint density at radius 2 is 1.85 bits per heavy atom. The van der Waals surface area contributed by atoms with E-state index in [2.05, 4.69) is 0 Å². The van der Waals surface area contributed by atoms with Crippen LogP contribution in [0.3, 0.4) is 0 Å². The summed E-state index contributed by atoms with van der Waals surface area (Å²) in [4.78, 5) is 28.7. The number of amides is 2. The van der Waals surface area contributed by atoms with Gasteiger partial charge in [0, 0.05) is 37.1 Å². The van der Waals surface area contributed by atoms with Crippen LogP contribution >= 0.6 is 0 Å². The van der Waals surface area contributed by atoms with E-state index in [0.717, 1.165) is 16.8 Å². The maximum atomic E-state index is 14.9. The molecule has 176 valence electrons. The van der Waals surface area contributed by atoms with Crippen LogP contribution in [0.25, 0.3) is 11.1 Å². The maximum absolute atomic E-state index is 14.9. The third kappa shape index (κ3) is 4.33. The van der Waals surface area contributed by atoms with Gasteiger partial charge in [-0.2, -0.15) is 5.10 Å². The third-order valence-electron chi connectivity index (χ3n) is 6.57. The number of hydrogen-bond donors (Lipinski definition) is 0. The topological polar surface area (TPSA) is 67.7 Å². The van der Waals surface area contributed by atoms with E-state index >= 15 is 0 Å². The molecule has 0 aliphatic carbocycles. The average molecular weight is 463 g/mol. The van der Waals surface area contributed by atoms with Gasteiger partial charge in [-0.05, 0) is 17.2 Å². The molecular formula is C26H27FN4O3. The molecule has 3 heterocycles. The van der Waals surface area contributed by atoms with Crippen LogP contribution in [0.2, 0.25) is 0 Å². The van der Waals surface area contributed by atoms with Crippen molar-refractivity contribution in [3.63, 3.8) is 0 Å². The van der Waals surface area contributed by atoms with Gasteiger partial charge in [-0.25, -0.2) is 9.07 Å². The normalized spacial score (nSPS) is 16.9. The molecule has 2 aliphatic heterocycles. The number of aryl methyl sites for hydroxylation is 1. The molecule has 1 unspecified atom stereocenters. The number of morpholine rings is 1. The van der Waals surface area contributed by atoms with Crippen molar-refractivity contribution < 1.29 is 18.7 Å². The van der Waals surface area contributed by atoms with Gasteiger partial charge < -0.3 is 9.64 Å². The fourth-order valence-electron chi connectivity index (χ4n) is 4.52. The van der Waals surface area contributed by atoms with Gasteiger partial charge in [0.25, 0.3) is 0 Å². The Kier molecular flexibility index (Phi) is 6.15. The molecule has 0 N–H and O–H groups in total. The minimum absolute atomic E-state index is 0.0151. The maximum Gasteiger partial charge on any atom is 0.242 e. The Labute approximate surface area is 197 Å². The zero-order chi connectivity index (χ0) is 23.7. The van der Waals surface area contributed by atoms with Crippen LogP contribution in [0.4, 0.5) is 10.2 Å². The third-order valence-corrected chi connectivity index (χ3v) is 6.57. The van der Waals surface area contributed by atoms with Crippen LogP contribution in [0.5, 0.6) is 0 Å². The molecule has 2 aromatic carbocycles. The molecular weight excluding hydrogens is 435 g/mol. The number of rotatable bonds is 5. The predicted octanol–water partition coefficient (Wildman–Crippen LogP) is 3.44. The first-order valence-electron chi connectivity index (χ1n) is 11.6. The SMILES string of the molecule is CC(c1ccc(-c2ccccc2)c(F)c1)c1cc2n(n1)CCC(=O)N2CC(=O)N1CCOCC1. The highest BCUT2D eigenvalue weighted by Crippen LogP contribution is 2.32. The van der Waals surface area contributed by atoms with Gasteiger partial charge in [-0.3, -0.25) is 14.5 Å². The van der Waals surface area contributed by atoms with Gasteiger partial charge in [0.15, 0.2) is 0 Å². The summed E-state index contributed by atoms with van der Waals surface area (Å²) in [5, 5.41) is 4.70. The molecule has 1 saturated heterocycles. The van der Waals surface area contributed by atoms with Crippen molar-refractivity contribution in [2.45, 2.75) is 25.8 Å². The molecule has 1 atom stereocenters. The predicted molar refractivity (Wildman–Crippen MR) is 126 cm³/mol. The number of ether oxygens (including phenoxy) is 1. The van der Waals surface area contributed by atoms with Gasteiger partial charge in [0.05, 0.1) is 25.5 Å². The Balaban J connectivity index is 1.37. The summed E-state index contributed by atoms with van der Waals surface area (Å²) in [6, 6.07) is 16.6. The van der Waals surface area contributed by atoms with Gasteiger partial charge in [0.1, 0.15) is 18.2 Å². The number of benzene rings is 2. The van der Waals surface area contributed by atoms with E-state index in [1.54, 1.807) is 21.7 Å². The summed E-state index contributed by atoms with van der Waals surface area (Å²) in [5.74, 6) is -0.0382. The molecule has 34 heavy (non-hydrogen) atoms. The number of carbonyl (C=O) groups is 2. The molecule has 3 aromatic rings.